The van der Waals surface area contributed by atoms with Gasteiger partial charge in [-0.05, 0) is 43.7 Å². The molecule has 0 spiro atoms. The summed E-state index contributed by atoms with van der Waals surface area (Å²) < 4.78 is 10.2. The lowest BCUT2D eigenvalue weighted by atomic mass is 10.1. The van der Waals surface area contributed by atoms with Crippen LogP contribution in [0.5, 0.6) is 0 Å². The molecule has 1 aromatic heterocycles. The summed E-state index contributed by atoms with van der Waals surface area (Å²) >= 11 is 0. The number of ether oxygens (including phenoxy) is 1. The molecule has 3 rings (SSSR count). The Morgan fingerprint density at radius 3 is 2.80 bits per heavy atom. The van der Waals surface area contributed by atoms with Crippen molar-refractivity contribution in [3.63, 3.8) is 0 Å². The largest absolute Gasteiger partial charge is 0.460 e. The quantitative estimate of drug-likeness (QED) is 0.837. The van der Waals surface area contributed by atoms with Gasteiger partial charge < -0.3 is 14.5 Å². The van der Waals surface area contributed by atoms with Crippen LogP contribution in [0.25, 0.3) is 0 Å². The van der Waals surface area contributed by atoms with Crippen LogP contribution in [0.15, 0.2) is 16.5 Å². The minimum atomic E-state index is -0.471. The van der Waals surface area contributed by atoms with Gasteiger partial charge in [-0.2, -0.15) is 0 Å². The van der Waals surface area contributed by atoms with Crippen molar-refractivity contribution in [2.75, 3.05) is 6.61 Å². The maximum Gasteiger partial charge on any atom is 0.374 e. The van der Waals surface area contributed by atoms with Crippen LogP contribution in [-0.4, -0.2) is 18.5 Å². The second-order valence-corrected chi connectivity index (χ2v) is 5.49. The lowest BCUT2D eigenvalue weighted by Gasteiger charge is -2.04. The van der Waals surface area contributed by atoms with Gasteiger partial charge in [0.15, 0.2) is 0 Å². The number of amides is 1. The molecule has 2 saturated carbocycles. The van der Waals surface area contributed by atoms with E-state index in [9.17, 15) is 9.59 Å². The fourth-order valence-electron chi connectivity index (χ4n) is 3.29. The SMILES string of the molecule is CCOC(=O)c1ccc(CNC(=O)C2[C@@H]3CCC[C@@H]23)o1. The van der Waals surface area contributed by atoms with Gasteiger partial charge in [0.25, 0.3) is 0 Å². The van der Waals surface area contributed by atoms with E-state index in [4.69, 9.17) is 9.15 Å². The normalized spacial score (nSPS) is 26.9. The van der Waals surface area contributed by atoms with Crippen molar-refractivity contribution >= 4 is 11.9 Å². The van der Waals surface area contributed by atoms with E-state index >= 15 is 0 Å². The Kier molecular flexibility index (Phi) is 3.51. The van der Waals surface area contributed by atoms with Gasteiger partial charge in [0.1, 0.15) is 5.76 Å². The monoisotopic (exact) mass is 277 g/mol. The molecule has 5 nitrogen and oxygen atoms in total. The first-order chi connectivity index (χ1) is 9.70. The first kappa shape index (κ1) is 13.2. The molecule has 0 saturated heterocycles. The number of hydrogen-bond donors (Lipinski definition) is 1. The van der Waals surface area contributed by atoms with Crippen LogP contribution < -0.4 is 5.32 Å². The third kappa shape index (κ3) is 2.44. The molecule has 108 valence electrons. The van der Waals surface area contributed by atoms with Crippen LogP contribution in [0.2, 0.25) is 0 Å². The lowest BCUT2D eigenvalue weighted by Crippen LogP contribution is -2.25. The van der Waals surface area contributed by atoms with E-state index in [-0.39, 0.29) is 17.6 Å². The standard InChI is InChI=1S/C15H19NO4/c1-2-19-15(18)12-7-6-9(20-12)8-16-14(17)13-10-4-3-5-11(10)13/h6-7,10-11,13H,2-5,8H2,1H3,(H,16,17)/t10-,11-/m1/s1. The molecule has 5 heteroatoms. The van der Waals surface area contributed by atoms with Gasteiger partial charge in [-0.3, -0.25) is 4.79 Å². The summed E-state index contributed by atoms with van der Waals surface area (Å²) in [5.41, 5.74) is 0. The number of nitrogens with one attached hydrogen (secondary N) is 1. The minimum absolute atomic E-state index is 0.119. The summed E-state index contributed by atoms with van der Waals surface area (Å²) in [7, 11) is 0. The summed E-state index contributed by atoms with van der Waals surface area (Å²) in [6.45, 7) is 2.39. The van der Waals surface area contributed by atoms with Crippen molar-refractivity contribution in [3.05, 3.63) is 23.7 Å². The summed E-state index contributed by atoms with van der Waals surface area (Å²) in [6, 6.07) is 3.27. The second kappa shape index (κ2) is 5.31. The van der Waals surface area contributed by atoms with Gasteiger partial charge in [-0.25, -0.2) is 4.79 Å². The van der Waals surface area contributed by atoms with Crippen LogP contribution >= 0.6 is 0 Å². The Morgan fingerprint density at radius 2 is 2.10 bits per heavy atom. The number of furan rings is 1. The van der Waals surface area contributed by atoms with Crippen molar-refractivity contribution in [2.24, 2.45) is 17.8 Å². The predicted octanol–water partition coefficient (Wildman–Crippen LogP) is 2.12. The summed E-state index contributed by atoms with van der Waals surface area (Å²) in [6.07, 6.45) is 3.65. The van der Waals surface area contributed by atoms with Gasteiger partial charge in [-0.1, -0.05) is 6.42 Å². The van der Waals surface area contributed by atoms with Crippen molar-refractivity contribution in [1.29, 1.82) is 0 Å². The van der Waals surface area contributed by atoms with E-state index in [0.29, 0.717) is 30.7 Å². The highest BCUT2D eigenvalue weighted by Crippen LogP contribution is 2.57. The maximum absolute atomic E-state index is 12.0. The Balaban J connectivity index is 1.49. The van der Waals surface area contributed by atoms with Gasteiger partial charge in [0.05, 0.1) is 13.2 Å². The summed E-state index contributed by atoms with van der Waals surface area (Å²) in [4.78, 5) is 23.4. The van der Waals surface area contributed by atoms with Crippen LogP contribution in [0.1, 0.15) is 42.5 Å². The molecule has 0 aromatic carbocycles. The highest BCUT2D eigenvalue weighted by atomic mass is 16.5. The molecule has 1 N–H and O–H groups in total. The number of rotatable bonds is 5. The van der Waals surface area contributed by atoms with E-state index in [1.807, 2.05) is 0 Å². The van der Waals surface area contributed by atoms with Crippen molar-refractivity contribution in [2.45, 2.75) is 32.7 Å². The molecule has 2 fully saturated rings. The van der Waals surface area contributed by atoms with Gasteiger partial charge in [0.2, 0.25) is 11.7 Å². The van der Waals surface area contributed by atoms with Crippen molar-refractivity contribution in [1.82, 2.24) is 5.32 Å². The lowest BCUT2D eigenvalue weighted by molar-refractivity contribution is -0.123. The number of carbonyl (C=O) groups is 2. The molecule has 0 unspecified atom stereocenters. The zero-order valence-electron chi connectivity index (χ0n) is 11.6. The van der Waals surface area contributed by atoms with Crippen molar-refractivity contribution in [3.8, 4) is 0 Å². The highest BCUT2D eigenvalue weighted by Gasteiger charge is 2.56. The Hall–Kier alpha value is -1.78. The highest BCUT2D eigenvalue weighted by molar-refractivity contribution is 5.86. The van der Waals surface area contributed by atoms with Crippen molar-refractivity contribution < 1.29 is 18.7 Å². The summed E-state index contributed by atoms with van der Waals surface area (Å²) in [5.74, 6) is 1.84. The third-order valence-corrected chi connectivity index (χ3v) is 4.28. The number of esters is 1. The van der Waals surface area contributed by atoms with E-state index < -0.39 is 5.97 Å². The Bertz CT molecular complexity index is 512. The first-order valence-electron chi connectivity index (χ1n) is 7.24. The molecule has 1 heterocycles. The number of hydrogen-bond acceptors (Lipinski definition) is 4. The molecule has 2 aliphatic rings. The molecule has 2 aliphatic carbocycles. The van der Waals surface area contributed by atoms with E-state index in [2.05, 4.69) is 5.32 Å². The van der Waals surface area contributed by atoms with Gasteiger partial charge in [0, 0.05) is 5.92 Å². The number of carbonyl (C=O) groups excluding carboxylic acids is 2. The second-order valence-electron chi connectivity index (χ2n) is 5.49. The molecule has 1 aromatic rings. The molecular formula is C15H19NO4. The topological polar surface area (TPSA) is 68.5 Å². The van der Waals surface area contributed by atoms with Gasteiger partial charge >= 0.3 is 5.97 Å². The first-order valence-corrected chi connectivity index (χ1v) is 7.24. The Morgan fingerprint density at radius 1 is 1.35 bits per heavy atom. The zero-order valence-corrected chi connectivity index (χ0v) is 11.6. The molecular weight excluding hydrogens is 258 g/mol. The fourth-order valence-corrected chi connectivity index (χ4v) is 3.29. The molecule has 2 atom stereocenters. The molecule has 0 bridgehead atoms. The molecule has 0 radical (unpaired) electrons. The van der Waals surface area contributed by atoms with E-state index in [1.54, 1.807) is 19.1 Å². The van der Waals surface area contributed by atoms with E-state index in [0.717, 1.165) is 0 Å². The third-order valence-electron chi connectivity index (χ3n) is 4.28. The van der Waals surface area contributed by atoms with Crippen LogP contribution in [-0.2, 0) is 16.1 Å². The van der Waals surface area contributed by atoms with Crippen LogP contribution in [0.3, 0.4) is 0 Å². The average Bonchev–Trinajstić information content (AvgIpc) is 2.86. The molecule has 0 aliphatic heterocycles. The predicted molar refractivity (Wildman–Crippen MR) is 70.8 cm³/mol. The van der Waals surface area contributed by atoms with Crippen LogP contribution in [0.4, 0.5) is 0 Å². The number of fused-ring (bicyclic) bond motifs is 1. The maximum atomic E-state index is 12.0. The zero-order chi connectivity index (χ0) is 14.1. The van der Waals surface area contributed by atoms with E-state index in [1.165, 1.54) is 19.3 Å². The Labute approximate surface area is 117 Å². The smallest absolute Gasteiger partial charge is 0.374 e. The molecule has 1 amide bonds. The summed E-state index contributed by atoms with van der Waals surface area (Å²) in [5, 5.41) is 2.89. The average molecular weight is 277 g/mol. The minimum Gasteiger partial charge on any atom is -0.460 e. The molecule has 20 heavy (non-hydrogen) atoms. The van der Waals surface area contributed by atoms with Gasteiger partial charge in [-0.15, -0.1) is 0 Å². The van der Waals surface area contributed by atoms with Crippen LogP contribution in [0, 0.1) is 17.8 Å². The fraction of sp³-hybridized carbons (Fsp3) is 0.600.